The van der Waals surface area contributed by atoms with E-state index in [-0.39, 0.29) is 17.3 Å². The zero-order chi connectivity index (χ0) is 13.5. The zero-order valence-electron chi connectivity index (χ0n) is 10.8. The molecule has 0 bridgehead atoms. The summed E-state index contributed by atoms with van der Waals surface area (Å²) in [5.74, 6) is 1.22. The highest BCUT2D eigenvalue weighted by Crippen LogP contribution is 2.22. The van der Waals surface area contributed by atoms with Crippen LogP contribution in [0.25, 0.3) is 0 Å². The Morgan fingerprint density at radius 2 is 2.17 bits per heavy atom. The fraction of sp³-hybridized carbons (Fsp3) is 0.583. The van der Waals surface area contributed by atoms with Gasteiger partial charge in [-0.1, -0.05) is 26.7 Å². The van der Waals surface area contributed by atoms with Crippen molar-refractivity contribution < 1.29 is 4.92 Å². The number of unbranched alkanes of at least 4 members (excludes halogenated alkanes) is 1. The highest BCUT2D eigenvalue weighted by molar-refractivity contribution is 5.59. The molecule has 0 saturated carbocycles. The van der Waals surface area contributed by atoms with Crippen LogP contribution in [0.1, 0.15) is 33.1 Å². The Bertz CT molecular complexity index is 407. The molecule has 0 saturated heterocycles. The van der Waals surface area contributed by atoms with E-state index in [0.717, 1.165) is 19.3 Å². The first-order chi connectivity index (χ1) is 8.50. The number of nitrogens with one attached hydrogen (secondary N) is 1. The maximum Gasteiger partial charge on any atom is 0.311 e. The molecule has 0 aliphatic rings. The van der Waals surface area contributed by atoms with E-state index in [1.165, 1.54) is 12.1 Å². The van der Waals surface area contributed by atoms with Crippen LogP contribution in [-0.4, -0.2) is 16.5 Å². The minimum absolute atomic E-state index is 0.0342. The van der Waals surface area contributed by atoms with Crippen molar-refractivity contribution >= 4 is 17.3 Å². The summed E-state index contributed by atoms with van der Waals surface area (Å²) in [5, 5.41) is 13.8. The Labute approximate surface area is 107 Å². The van der Waals surface area contributed by atoms with Crippen LogP contribution in [0.2, 0.25) is 0 Å². The molecule has 1 aromatic heterocycles. The van der Waals surface area contributed by atoms with Gasteiger partial charge in [-0.15, -0.1) is 0 Å². The summed E-state index contributed by atoms with van der Waals surface area (Å²) in [6.45, 7) is 5.03. The minimum Gasteiger partial charge on any atom is -0.384 e. The Morgan fingerprint density at radius 3 is 2.78 bits per heavy atom. The maximum absolute atomic E-state index is 10.8. The Balaban J connectivity index is 2.50. The van der Waals surface area contributed by atoms with E-state index >= 15 is 0 Å². The van der Waals surface area contributed by atoms with Crippen molar-refractivity contribution in [3.8, 4) is 0 Å². The van der Waals surface area contributed by atoms with Gasteiger partial charge in [-0.3, -0.25) is 10.1 Å². The van der Waals surface area contributed by atoms with Crippen LogP contribution in [0.5, 0.6) is 0 Å². The average Bonchev–Trinajstić information content (AvgIpc) is 2.27. The molecule has 1 rings (SSSR count). The fourth-order valence-electron chi connectivity index (χ4n) is 1.63. The monoisotopic (exact) mass is 252 g/mol. The van der Waals surface area contributed by atoms with Gasteiger partial charge in [0.2, 0.25) is 5.82 Å². The van der Waals surface area contributed by atoms with Crippen LogP contribution in [-0.2, 0) is 0 Å². The average molecular weight is 252 g/mol. The summed E-state index contributed by atoms with van der Waals surface area (Å²) in [4.78, 5) is 14.3. The molecule has 0 fully saturated rings. The summed E-state index contributed by atoms with van der Waals surface area (Å²) >= 11 is 0. The largest absolute Gasteiger partial charge is 0.384 e. The van der Waals surface area contributed by atoms with Gasteiger partial charge in [-0.2, -0.15) is 0 Å². The molecule has 6 heteroatoms. The molecule has 0 aromatic carbocycles. The predicted octanol–water partition coefficient (Wildman–Crippen LogP) is 2.81. The van der Waals surface area contributed by atoms with Crippen LogP contribution in [0.4, 0.5) is 17.3 Å². The standard InChI is InChI=1S/C12H20N4O2/c1-9(2)5-3-4-8-14-12-10(16(17)18)6-7-11(13)15-12/h6-7,9H,3-5,8H2,1-2H3,(H3,13,14,15). The molecule has 0 aliphatic carbocycles. The van der Waals surface area contributed by atoms with Crippen molar-refractivity contribution in [1.82, 2.24) is 4.98 Å². The lowest BCUT2D eigenvalue weighted by atomic mass is 10.1. The predicted molar refractivity (Wildman–Crippen MR) is 72.5 cm³/mol. The molecular formula is C12H20N4O2. The van der Waals surface area contributed by atoms with E-state index in [4.69, 9.17) is 5.73 Å². The molecule has 3 N–H and O–H groups in total. The highest BCUT2D eigenvalue weighted by atomic mass is 16.6. The Kier molecular flexibility index (Phi) is 5.35. The minimum atomic E-state index is -0.455. The summed E-state index contributed by atoms with van der Waals surface area (Å²) in [6.07, 6.45) is 3.22. The van der Waals surface area contributed by atoms with Crippen LogP contribution in [0.15, 0.2) is 12.1 Å². The number of nitro groups is 1. The van der Waals surface area contributed by atoms with Crippen LogP contribution < -0.4 is 11.1 Å². The lowest BCUT2D eigenvalue weighted by molar-refractivity contribution is -0.384. The molecule has 0 spiro atoms. The third-order valence-corrected chi connectivity index (χ3v) is 2.59. The van der Waals surface area contributed by atoms with Gasteiger partial charge in [0, 0.05) is 12.6 Å². The third kappa shape index (κ3) is 4.57. The summed E-state index contributed by atoms with van der Waals surface area (Å²) in [5.41, 5.74) is 5.49. The van der Waals surface area contributed by atoms with E-state index in [1.807, 2.05) is 0 Å². The topological polar surface area (TPSA) is 94.1 Å². The van der Waals surface area contributed by atoms with Gasteiger partial charge in [0.15, 0.2) is 0 Å². The Hall–Kier alpha value is -1.85. The van der Waals surface area contributed by atoms with Crippen molar-refractivity contribution in [3.05, 3.63) is 22.2 Å². The van der Waals surface area contributed by atoms with Crippen LogP contribution in [0.3, 0.4) is 0 Å². The van der Waals surface area contributed by atoms with Crippen molar-refractivity contribution in [2.24, 2.45) is 5.92 Å². The molecule has 0 unspecified atom stereocenters. The van der Waals surface area contributed by atoms with E-state index < -0.39 is 4.92 Å². The summed E-state index contributed by atoms with van der Waals surface area (Å²) in [6, 6.07) is 2.81. The summed E-state index contributed by atoms with van der Waals surface area (Å²) in [7, 11) is 0. The van der Waals surface area contributed by atoms with Gasteiger partial charge in [0.1, 0.15) is 5.82 Å². The highest BCUT2D eigenvalue weighted by Gasteiger charge is 2.14. The van der Waals surface area contributed by atoms with Crippen molar-refractivity contribution in [2.45, 2.75) is 33.1 Å². The first kappa shape index (κ1) is 14.2. The fourth-order valence-corrected chi connectivity index (χ4v) is 1.63. The molecule has 1 aromatic rings. The van der Waals surface area contributed by atoms with Crippen molar-refractivity contribution in [2.75, 3.05) is 17.6 Å². The van der Waals surface area contributed by atoms with Gasteiger partial charge in [-0.25, -0.2) is 4.98 Å². The molecule has 0 amide bonds. The van der Waals surface area contributed by atoms with Gasteiger partial charge < -0.3 is 11.1 Å². The molecule has 100 valence electrons. The quantitative estimate of drug-likeness (QED) is 0.442. The number of aromatic nitrogens is 1. The SMILES string of the molecule is CC(C)CCCCNc1nc(N)ccc1[N+](=O)[O-]. The van der Waals surface area contributed by atoms with Crippen molar-refractivity contribution in [3.63, 3.8) is 0 Å². The smallest absolute Gasteiger partial charge is 0.311 e. The number of nitrogens with zero attached hydrogens (tertiary/aromatic N) is 2. The maximum atomic E-state index is 10.8. The number of rotatable bonds is 7. The van der Waals surface area contributed by atoms with Crippen LogP contribution in [0, 0.1) is 16.0 Å². The third-order valence-electron chi connectivity index (χ3n) is 2.59. The van der Waals surface area contributed by atoms with E-state index in [0.29, 0.717) is 12.5 Å². The number of anilines is 2. The van der Waals surface area contributed by atoms with Gasteiger partial charge in [0.25, 0.3) is 0 Å². The number of hydrogen-bond acceptors (Lipinski definition) is 5. The second kappa shape index (κ2) is 6.78. The van der Waals surface area contributed by atoms with E-state index in [9.17, 15) is 10.1 Å². The lowest BCUT2D eigenvalue weighted by Crippen LogP contribution is -2.07. The first-order valence-corrected chi connectivity index (χ1v) is 6.15. The van der Waals surface area contributed by atoms with Gasteiger partial charge in [0.05, 0.1) is 4.92 Å². The molecule has 0 aliphatic heterocycles. The molecular weight excluding hydrogens is 232 g/mol. The molecule has 0 atom stereocenters. The summed E-state index contributed by atoms with van der Waals surface area (Å²) < 4.78 is 0. The second-order valence-corrected chi connectivity index (χ2v) is 4.68. The number of nitrogens with two attached hydrogens (primary N) is 1. The molecule has 18 heavy (non-hydrogen) atoms. The van der Waals surface area contributed by atoms with Crippen molar-refractivity contribution in [1.29, 1.82) is 0 Å². The van der Waals surface area contributed by atoms with Gasteiger partial charge >= 0.3 is 5.69 Å². The zero-order valence-corrected chi connectivity index (χ0v) is 10.8. The first-order valence-electron chi connectivity index (χ1n) is 6.15. The van der Waals surface area contributed by atoms with E-state index in [1.54, 1.807) is 0 Å². The number of pyridine rings is 1. The Morgan fingerprint density at radius 1 is 1.44 bits per heavy atom. The van der Waals surface area contributed by atoms with Gasteiger partial charge in [-0.05, 0) is 18.4 Å². The van der Waals surface area contributed by atoms with Crippen LogP contribution >= 0.6 is 0 Å². The molecule has 1 heterocycles. The molecule has 0 radical (unpaired) electrons. The van der Waals surface area contributed by atoms with E-state index in [2.05, 4.69) is 24.1 Å². The normalized spacial score (nSPS) is 10.6. The lowest BCUT2D eigenvalue weighted by Gasteiger charge is -2.07. The molecule has 6 nitrogen and oxygen atoms in total. The number of nitrogen functional groups attached to an aromatic ring is 1. The number of hydrogen-bond donors (Lipinski definition) is 2. The second-order valence-electron chi connectivity index (χ2n) is 4.68.